The van der Waals surface area contributed by atoms with E-state index in [0.717, 1.165) is 6.54 Å². The minimum atomic E-state index is 0.566. The SMILES string of the molecule is CC1=C[C@@H]2c3cccc4[nH]cc(c34)CC2N(C)C1. The van der Waals surface area contributed by atoms with Crippen molar-refractivity contribution in [1.82, 2.24) is 9.88 Å². The van der Waals surface area contributed by atoms with Gasteiger partial charge in [-0.3, -0.25) is 4.90 Å². The third-order valence-corrected chi connectivity index (χ3v) is 4.55. The first kappa shape index (κ1) is 10.4. The number of likely N-dealkylation sites (N-methyl/N-ethyl adjacent to an activating group) is 1. The van der Waals surface area contributed by atoms with Crippen LogP contribution in [0.4, 0.5) is 0 Å². The maximum atomic E-state index is 3.42. The zero-order valence-corrected chi connectivity index (χ0v) is 10.9. The highest BCUT2D eigenvalue weighted by Crippen LogP contribution is 2.41. The Kier molecular flexibility index (Phi) is 2.01. The number of hydrogen-bond acceptors (Lipinski definition) is 1. The van der Waals surface area contributed by atoms with Gasteiger partial charge in [-0.25, -0.2) is 0 Å². The van der Waals surface area contributed by atoms with Crippen molar-refractivity contribution in [1.29, 1.82) is 0 Å². The molecule has 2 aromatic rings. The maximum absolute atomic E-state index is 3.42. The summed E-state index contributed by atoms with van der Waals surface area (Å²) in [5.74, 6) is 0.566. The lowest BCUT2D eigenvalue weighted by Gasteiger charge is -2.40. The van der Waals surface area contributed by atoms with Crippen molar-refractivity contribution in [3.8, 4) is 0 Å². The average molecular weight is 238 g/mol. The van der Waals surface area contributed by atoms with Gasteiger partial charge in [0.1, 0.15) is 0 Å². The van der Waals surface area contributed by atoms with E-state index in [2.05, 4.69) is 54.3 Å². The molecule has 2 heteroatoms. The largest absolute Gasteiger partial charge is 0.361 e. The molecular formula is C16H18N2. The van der Waals surface area contributed by atoms with Crippen molar-refractivity contribution in [2.75, 3.05) is 13.6 Å². The predicted octanol–water partition coefficient (Wildman–Crippen LogP) is 3.07. The van der Waals surface area contributed by atoms with Gasteiger partial charge < -0.3 is 4.98 Å². The van der Waals surface area contributed by atoms with Crippen LogP contribution < -0.4 is 0 Å². The fraction of sp³-hybridized carbons (Fsp3) is 0.375. The second-order valence-corrected chi connectivity index (χ2v) is 5.81. The molecule has 2 nitrogen and oxygen atoms in total. The van der Waals surface area contributed by atoms with E-state index in [0.29, 0.717) is 12.0 Å². The Morgan fingerprint density at radius 3 is 3.11 bits per heavy atom. The highest BCUT2D eigenvalue weighted by atomic mass is 15.1. The molecule has 4 rings (SSSR count). The first-order valence-corrected chi connectivity index (χ1v) is 6.70. The van der Waals surface area contributed by atoms with Crippen molar-refractivity contribution in [3.63, 3.8) is 0 Å². The van der Waals surface area contributed by atoms with E-state index in [-0.39, 0.29) is 0 Å². The van der Waals surface area contributed by atoms with Crippen LogP contribution in [0, 0.1) is 0 Å². The van der Waals surface area contributed by atoms with Crippen LogP contribution in [-0.2, 0) is 6.42 Å². The van der Waals surface area contributed by atoms with E-state index in [1.165, 1.54) is 34.0 Å². The molecule has 1 aliphatic heterocycles. The molecule has 0 fully saturated rings. The summed E-state index contributed by atoms with van der Waals surface area (Å²) in [5.41, 5.74) is 5.78. The van der Waals surface area contributed by atoms with Crippen LogP contribution in [-0.4, -0.2) is 29.5 Å². The van der Waals surface area contributed by atoms with E-state index in [9.17, 15) is 0 Å². The highest BCUT2D eigenvalue weighted by molar-refractivity contribution is 5.88. The molecule has 2 atom stereocenters. The van der Waals surface area contributed by atoms with Crippen LogP contribution in [0.5, 0.6) is 0 Å². The maximum Gasteiger partial charge on any atom is 0.0459 e. The summed E-state index contributed by atoms with van der Waals surface area (Å²) in [5, 5.41) is 1.47. The fourth-order valence-corrected chi connectivity index (χ4v) is 3.78. The van der Waals surface area contributed by atoms with Gasteiger partial charge in [0.25, 0.3) is 0 Å². The summed E-state index contributed by atoms with van der Waals surface area (Å²) in [4.78, 5) is 5.93. The first-order valence-electron chi connectivity index (χ1n) is 6.70. The van der Waals surface area contributed by atoms with E-state index in [1.54, 1.807) is 0 Å². The Morgan fingerprint density at radius 2 is 2.22 bits per heavy atom. The Balaban J connectivity index is 1.99. The number of nitrogens with zero attached hydrogens (tertiary/aromatic N) is 1. The number of benzene rings is 1. The number of fused-ring (bicyclic) bond motifs is 2. The lowest BCUT2D eigenvalue weighted by molar-refractivity contribution is 0.224. The first-order chi connectivity index (χ1) is 8.74. The van der Waals surface area contributed by atoms with Gasteiger partial charge in [-0.2, -0.15) is 0 Å². The van der Waals surface area contributed by atoms with E-state index in [1.807, 2.05) is 0 Å². The number of hydrogen-bond donors (Lipinski definition) is 1. The molecule has 18 heavy (non-hydrogen) atoms. The van der Waals surface area contributed by atoms with Gasteiger partial charge in [-0.1, -0.05) is 23.8 Å². The minimum absolute atomic E-state index is 0.566. The number of nitrogens with one attached hydrogen (secondary N) is 1. The summed E-state index contributed by atoms with van der Waals surface area (Å²) in [6.07, 6.45) is 5.85. The van der Waals surface area contributed by atoms with E-state index in [4.69, 9.17) is 0 Å². The summed E-state index contributed by atoms with van der Waals surface area (Å²) in [6, 6.07) is 7.30. The molecule has 2 heterocycles. The van der Waals surface area contributed by atoms with Crippen LogP contribution in [0.1, 0.15) is 24.0 Å². The average Bonchev–Trinajstić information content (AvgIpc) is 2.76. The zero-order chi connectivity index (χ0) is 12.3. The highest BCUT2D eigenvalue weighted by Gasteiger charge is 2.34. The van der Waals surface area contributed by atoms with Crippen LogP contribution in [0.3, 0.4) is 0 Å². The number of H-pyrrole nitrogens is 1. The van der Waals surface area contributed by atoms with Gasteiger partial charge in [0.2, 0.25) is 0 Å². The fourth-order valence-electron chi connectivity index (χ4n) is 3.78. The van der Waals surface area contributed by atoms with Crippen LogP contribution in [0.2, 0.25) is 0 Å². The normalized spacial score (nSPS) is 27.1. The van der Waals surface area contributed by atoms with Gasteiger partial charge in [-0.15, -0.1) is 0 Å². The Bertz CT molecular complexity index is 650. The van der Waals surface area contributed by atoms with Crippen molar-refractivity contribution in [2.45, 2.75) is 25.3 Å². The Hall–Kier alpha value is -1.54. The quantitative estimate of drug-likeness (QED) is 0.699. The van der Waals surface area contributed by atoms with Crippen LogP contribution >= 0.6 is 0 Å². The van der Waals surface area contributed by atoms with Gasteiger partial charge in [0, 0.05) is 35.6 Å². The second kappa shape index (κ2) is 3.48. The third-order valence-electron chi connectivity index (χ3n) is 4.55. The molecule has 0 saturated carbocycles. The third kappa shape index (κ3) is 1.27. The summed E-state index contributed by atoms with van der Waals surface area (Å²) in [7, 11) is 2.26. The lowest BCUT2D eigenvalue weighted by Crippen LogP contribution is -2.43. The van der Waals surface area contributed by atoms with Gasteiger partial charge in [-0.05, 0) is 37.6 Å². The molecule has 1 aromatic heterocycles. The minimum Gasteiger partial charge on any atom is -0.361 e. The predicted molar refractivity (Wildman–Crippen MR) is 74.9 cm³/mol. The van der Waals surface area contributed by atoms with Crippen LogP contribution in [0.25, 0.3) is 10.9 Å². The molecule has 92 valence electrons. The van der Waals surface area contributed by atoms with Gasteiger partial charge >= 0.3 is 0 Å². The molecule has 0 bridgehead atoms. The molecular weight excluding hydrogens is 220 g/mol. The van der Waals surface area contributed by atoms with E-state index >= 15 is 0 Å². The Labute approximate surface area is 107 Å². The molecule has 0 spiro atoms. The molecule has 1 aromatic carbocycles. The molecule has 0 amide bonds. The number of aromatic amines is 1. The van der Waals surface area contributed by atoms with Crippen LogP contribution in [0.15, 0.2) is 36.0 Å². The monoisotopic (exact) mass is 238 g/mol. The van der Waals surface area contributed by atoms with Gasteiger partial charge in [0.05, 0.1) is 0 Å². The molecule has 0 saturated heterocycles. The Morgan fingerprint density at radius 1 is 1.33 bits per heavy atom. The smallest absolute Gasteiger partial charge is 0.0459 e. The lowest BCUT2D eigenvalue weighted by atomic mass is 9.77. The summed E-state index contributed by atoms with van der Waals surface area (Å²) >= 11 is 0. The summed E-state index contributed by atoms with van der Waals surface area (Å²) < 4.78 is 0. The number of rotatable bonds is 0. The van der Waals surface area contributed by atoms with Crippen molar-refractivity contribution in [2.24, 2.45) is 0 Å². The molecule has 1 aliphatic carbocycles. The van der Waals surface area contributed by atoms with Crippen molar-refractivity contribution in [3.05, 3.63) is 47.2 Å². The second-order valence-electron chi connectivity index (χ2n) is 5.81. The van der Waals surface area contributed by atoms with E-state index < -0.39 is 0 Å². The van der Waals surface area contributed by atoms with Crippen molar-refractivity contribution >= 4 is 10.9 Å². The zero-order valence-electron chi connectivity index (χ0n) is 10.9. The van der Waals surface area contributed by atoms with Crippen molar-refractivity contribution < 1.29 is 0 Å². The van der Waals surface area contributed by atoms with Gasteiger partial charge in [0.15, 0.2) is 0 Å². The molecule has 1 N–H and O–H groups in total. The topological polar surface area (TPSA) is 19.0 Å². The molecule has 0 radical (unpaired) electrons. The standard InChI is InChI=1S/C16H18N2/c1-10-6-13-12-4-3-5-14-16(12)11(8-17-14)7-15(13)18(2)9-10/h3-6,8,13,15,17H,7,9H2,1-2H3/t13-,15?/m1/s1. The number of aromatic nitrogens is 1. The molecule has 1 unspecified atom stereocenters. The molecule has 2 aliphatic rings. The summed E-state index contributed by atoms with van der Waals surface area (Å²) in [6.45, 7) is 3.36.